The summed E-state index contributed by atoms with van der Waals surface area (Å²) in [5.41, 5.74) is 0. The topological polar surface area (TPSA) is 78.9 Å². The van der Waals surface area contributed by atoms with E-state index in [1.54, 1.807) is 0 Å². The normalized spacial score (nSPS) is 9.56. The summed E-state index contributed by atoms with van der Waals surface area (Å²) in [6, 6.07) is 0. The third kappa shape index (κ3) is 10.6. The highest BCUT2D eigenvalue weighted by Gasteiger charge is 2.03. The van der Waals surface area contributed by atoms with E-state index in [4.69, 9.17) is 9.47 Å². The lowest BCUT2D eigenvalue weighted by Gasteiger charge is -2.05. The van der Waals surface area contributed by atoms with Crippen molar-refractivity contribution in [1.82, 2.24) is 0 Å². The summed E-state index contributed by atoms with van der Waals surface area (Å²) in [5, 5.41) is 0. The van der Waals surface area contributed by atoms with Crippen molar-refractivity contribution in [2.24, 2.45) is 0 Å². The second-order valence-electron chi connectivity index (χ2n) is 2.88. The second-order valence-corrected chi connectivity index (χ2v) is 2.88. The Morgan fingerprint density at radius 2 is 1.81 bits per heavy atom. The minimum Gasteiger partial charge on any atom is -0.465 e. The molecule has 0 aromatic rings. The van der Waals surface area contributed by atoms with Gasteiger partial charge in [-0.15, -0.1) is 0 Å². The molecule has 6 heteroatoms. The van der Waals surface area contributed by atoms with E-state index in [1.165, 1.54) is 6.92 Å². The quantitative estimate of drug-likeness (QED) is 0.318. The lowest BCUT2D eigenvalue weighted by Crippen LogP contribution is -2.13. The Balaban J connectivity index is 3.23. The van der Waals surface area contributed by atoms with Crippen LogP contribution >= 0.6 is 0 Å². The van der Waals surface area contributed by atoms with Crippen LogP contribution in [-0.4, -0.2) is 44.7 Å². The first-order valence-electron chi connectivity index (χ1n) is 4.97. The van der Waals surface area contributed by atoms with Gasteiger partial charge in [-0.25, -0.2) is 0 Å². The van der Waals surface area contributed by atoms with Crippen LogP contribution in [0.15, 0.2) is 0 Å². The van der Waals surface area contributed by atoms with Crippen molar-refractivity contribution in [1.29, 1.82) is 0 Å². The van der Waals surface area contributed by atoms with E-state index < -0.39 is 11.9 Å². The first-order chi connectivity index (χ1) is 7.66. The number of aldehydes is 1. The molecule has 0 amide bonds. The third-order valence-electron chi connectivity index (χ3n) is 1.48. The van der Waals surface area contributed by atoms with Crippen LogP contribution in [-0.2, 0) is 28.6 Å². The molecule has 0 bridgehead atoms. The average molecular weight is 232 g/mol. The van der Waals surface area contributed by atoms with Crippen LogP contribution < -0.4 is 0 Å². The van der Waals surface area contributed by atoms with Gasteiger partial charge in [-0.3, -0.25) is 9.59 Å². The summed E-state index contributed by atoms with van der Waals surface area (Å²) >= 11 is 0. The summed E-state index contributed by atoms with van der Waals surface area (Å²) in [6.07, 6.45) is 1.12. The largest absolute Gasteiger partial charge is 0.465 e. The molecule has 0 fully saturated rings. The molecule has 0 atom stereocenters. The van der Waals surface area contributed by atoms with Crippen molar-refractivity contribution in [3.63, 3.8) is 0 Å². The summed E-state index contributed by atoms with van der Waals surface area (Å²) in [6.45, 7) is 2.02. The van der Waals surface area contributed by atoms with Crippen molar-refractivity contribution in [3.05, 3.63) is 0 Å². The molecule has 0 saturated heterocycles. The van der Waals surface area contributed by atoms with Gasteiger partial charge in [0, 0.05) is 13.3 Å². The fourth-order valence-corrected chi connectivity index (χ4v) is 0.798. The molecule has 6 nitrogen and oxygen atoms in total. The van der Waals surface area contributed by atoms with Gasteiger partial charge in [0.25, 0.3) is 0 Å². The summed E-state index contributed by atoms with van der Waals surface area (Å²) in [7, 11) is 0. The minimum absolute atomic E-state index is 0.0279. The number of esters is 2. The molecule has 0 rings (SSSR count). The summed E-state index contributed by atoms with van der Waals surface area (Å²) in [5.74, 6) is -0.870. The van der Waals surface area contributed by atoms with Gasteiger partial charge in [0.2, 0.25) is 0 Å². The highest BCUT2D eigenvalue weighted by molar-refractivity contribution is 5.70. The number of hydrogen-bond acceptors (Lipinski definition) is 6. The summed E-state index contributed by atoms with van der Waals surface area (Å²) in [4.78, 5) is 31.3. The lowest BCUT2D eigenvalue weighted by molar-refractivity contribution is -0.149. The van der Waals surface area contributed by atoms with E-state index in [0.717, 1.165) is 6.29 Å². The molecule has 92 valence electrons. The van der Waals surface area contributed by atoms with Crippen molar-refractivity contribution >= 4 is 18.2 Å². The lowest BCUT2D eigenvalue weighted by atomic mass is 10.5. The molecule has 0 aliphatic carbocycles. The molecule has 0 spiro atoms. The van der Waals surface area contributed by atoms with Gasteiger partial charge in [0.1, 0.15) is 19.5 Å². The zero-order valence-electron chi connectivity index (χ0n) is 9.27. The first-order valence-corrected chi connectivity index (χ1v) is 4.97. The Hall–Kier alpha value is -1.43. The molecule has 0 saturated carbocycles. The van der Waals surface area contributed by atoms with E-state index in [2.05, 4.69) is 4.74 Å². The molecule has 16 heavy (non-hydrogen) atoms. The Bertz CT molecular complexity index is 225. The zero-order chi connectivity index (χ0) is 12.2. The molecule has 0 aromatic heterocycles. The van der Waals surface area contributed by atoms with E-state index >= 15 is 0 Å². The minimum atomic E-state index is -0.444. The molecular formula is C10H16O6. The highest BCUT2D eigenvalue weighted by Crippen LogP contribution is 1.89. The maximum absolute atomic E-state index is 11.0. The van der Waals surface area contributed by atoms with Gasteiger partial charge >= 0.3 is 11.9 Å². The molecule has 0 radical (unpaired) electrons. The number of carbonyl (C=O) groups is 3. The fourth-order valence-electron chi connectivity index (χ4n) is 0.798. The number of carbonyl (C=O) groups excluding carboxylic acids is 3. The Morgan fingerprint density at radius 3 is 2.44 bits per heavy atom. The monoisotopic (exact) mass is 232 g/mol. The standard InChI is InChI=1S/C10H16O6/c1-9(12)15-6-3-10(13)16-8-7-14-5-2-4-11/h4H,2-3,5-8H2,1H3. The number of ether oxygens (including phenoxy) is 3. The van der Waals surface area contributed by atoms with E-state index in [-0.39, 0.29) is 26.2 Å². The molecule has 0 aliphatic rings. The average Bonchev–Trinajstić information content (AvgIpc) is 2.22. The van der Waals surface area contributed by atoms with Crippen molar-refractivity contribution in [2.75, 3.05) is 26.4 Å². The molecule has 0 N–H and O–H groups in total. The van der Waals surface area contributed by atoms with E-state index in [0.29, 0.717) is 13.0 Å². The SMILES string of the molecule is CC(=O)OCCC(=O)OCCOCCC=O. The molecule has 0 heterocycles. The zero-order valence-corrected chi connectivity index (χ0v) is 9.27. The van der Waals surface area contributed by atoms with Gasteiger partial charge in [0.05, 0.1) is 19.6 Å². The van der Waals surface area contributed by atoms with Gasteiger partial charge in [-0.1, -0.05) is 0 Å². The molecule has 0 aromatic carbocycles. The van der Waals surface area contributed by atoms with Crippen LogP contribution in [0.3, 0.4) is 0 Å². The van der Waals surface area contributed by atoms with E-state index in [9.17, 15) is 14.4 Å². The smallest absolute Gasteiger partial charge is 0.309 e. The molecule has 0 aliphatic heterocycles. The van der Waals surface area contributed by atoms with Gasteiger partial charge in [0.15, 0.2) is 0 Å². The predicted molar refractivity (Wildman–Crippen MR) is 53.7 cm³/mol. The van der Waals surface area contributed by atoms with Gasteiger partial charge in [-0.2, -0.15) is 0 Å². The van der Waals surface area contributed by atoms with Crippen LogP contribution in [0.1, 0.15) is 19.8 Å². The highest BCUT2D eigenvalue weighted by atomic mass is 16.6. The third-order valence-corrected chi connectivity index (χ3v) is 1.48. The Kier molecular flexibility index (Phi) is 9.20. The van der Waals surface area contributed by atoms with Crippen LogP contribution in [0.4, 0.5) is 0 Å². The first kappa shape index (κ1) is 14.6. The maximum atomic E-state index is 11.0. The van der Waals surface area contributed by atoms with Crippen LogP contribution in [0.2, 0.25) is 0 Å². The maximum Gasteiger partial charge on any atom is 0.309 e. The second kappa shape index (κ2) is 10.1. The number of rotatable bonds is 9. The predicted octanol–water partition coefficient (Wildman–Crippen LogP) is 0.0884. The van der Waals surface area contributed by atoms with Crippen molar-refractivity contribution in [2.45, 2.75) is 19.8 Å². The van der Waals surface area contributed by atoms with Crippen LogP contribution in [0.5, 0.6) is 0 Å². The van der Waals surface area contributed by atoms with Crippen LogP contribution in [0, 0.1) is 0 Å². The van der Waals surface area contributed by atoms with Crippen LogP contribution in [0.25, 0.3) is 0 Å². The van der Waals surface area contributed by atoms with Gasteiger partial charge in [-0.05, 0) is 0 Å². The van der Waals surface area contributed by atoms with E-state index in [1.807, 2.05) is 0 Å². The molecule has 0 unspecified atom stereocenters. The number of hydrogen-bond donors (Lipinski definition) is 0. The van der Waals surface area contributed by atoms with Crippen molar-refractivity contribution < 1.29 is 28.6 Å². The summed E-state index contributed by atoms with van der Waals surface area (Å²) < 4.78 is 14.3. The fraction of sp³-hybridized carbons (Fsp3) is 0.700. The Morgan fingerprint density at radius 1 is 1.06 bits per heavy atom. The van der Waals surface area contributed by atoms with Crippen molar-refractivity contribution in [3.8, 4) is 0 Å². The molecular weight excluding hydrogens is 216 g/mol. The Labute approximate surface area is 93.8 Å². The van der Waals surface area contributed by atoms with Gasteiger partial charge < -0.3 is 19.0 Å².